The van der Waals surface area contributed by atoms with Crippen LogP contribution >= 0.6 is 0 Å². The summed E-state index contributed by atoms with van der Waals surface area (Å²) in [5.74, 6) is -4.03. The van der Waals surface area contributed by atoms with Crippen LogP contribution in [0.2, 0.25) is 0 Å². The van der Waals surface area contributed by atoms with Crippen LogP contribution in [-0.4, -0.2) is 84.2 Å². The largest absolute Gasteiger partial charge is 0.469 e. The van der Waals surface area contributed by atoms with Crippen molar-refractivity contribution in [3.8, 4) is 0 Å². The predicted octanol–water partition coefficient (Wildman–Crippen LogP) is -1.37. The highest BCUT2D eigenvalue weighted by Gasteiger charge is 2.51. The van der Waals surface area contributed by atoms with Gasteiger partial charge in [0.2, 0.25) is 5.91 Å². The lowest BCUT2D eigenvalue weighted by Gasteiger charge is -2.30. The number of carbonyl (C=O) groups is 5. The third-order valence-electron chi connectivity index (χ3n) is 4.67. The smallest absolute Gasteiger partial charge is 0.335 e. The van der Waals surface area contributed by atoms with Crippen LogP contribution in [0.1, 0.15) is 26.7 Å². The van der Waals surface area contributed by atoms with Crippen molar-refractivity contribution in [2.75, 3.05) is 13.7 Å². The fraction of sp³-hybridized carbons (Fsp3) is 0.550. The van der Waals surface area contributed by atoms with Crippen LogP contribution in [0.25, 0.3) is 0 Å². The molecule has 2 aliphatic rings. The second-order valence-electron chi connectivity index (χ2n) is 7.19. The number of aliphatic hydroxyl groups is 1. The maximum Gasteiger partial charge on any atom is 0.335 e. The van der Waals surface area contributed by atoms with Crippen molar-refractivity contribution >= 4 is 29.8 Å². The molecule has 0 bridgehead atoms. The number of nitrogens with two attached hydrogens (primary N) is 1. The Morgan fingerprint density at radius 2 is 1.82 bits per heavy atom. The first-order valence-corrected chi connectivity index (χ1v) is 9.89. The lowest BCUT2D eigenvalue weighted by Crippen LogP contribution is -2.45. The van der Waals surface area contributed by atoms with Gasteiger partial charge in [-0.05, 0) is 6.42 Å². The summed E-state index contributed by atoms with van der Waals surface area (Å²) in [6.45, 7) is 1.77. The van der Waals surface area contributed by atoms with Crippen molar-refractivity contribution in [3.63, 3.8) is 0 Å². The first-order chi connectivity index (χ1) is 15.5. The number of allylic oxidation sites excluding steroid dienone is 1. The summed E-state index contributed by atoms with van der Waals surface area (Å²) in [6.07, 6.45) is -2.05. The van der Waals surface area contributed by atoms with E-state index in [2.05, 4.69) is 4.74 Å². The molecule has 2 heterocycles. The summed E-state index contributed by atoms with van der Waals surface area (Å²) >= 11 is 0. The molecular weight excluding hydrogens is 444 g/mol. The molecule has 182 valence electrons. The molecule has 0 aliphatic carbocycles. The molecule has 1 amide bonds. The molecule has 5 atom stereocenters. The number of rotatable bonds is 9. The van der Waals surface area contributed by atoms with Crippen molar-refractivity contribution in [2.45, 2.75) is 57.3 Å². The number of methoxy groups -OCH3 is 1. The molecule has 0 saturated carbocycles. The van der Waals surface area contributed by atoms with Crippen LogP contribution in [0.15, 0.2) is 24.0 Å². The molecule has 13 nitrogen and oxygen atoms in total. The topological polar surface area (TPSA) is 181 Å². The van der Waals surface area contributed by atoms with E-state index in [0.29, 0.717) is 0 Å². The molecule has 0 aromatic carbocycles. The second kappa shape index (κ2) is 11.4. The molecule has 13 heteroatoms. The molecular formula is C20H26N2O11. The highest BCUT2D eigenvalue weighted by atomic mass is 16.7. The molecule has 0 unspecified atom stereocenters. The van der Waals surface area contributed by atoms with Gasteiger partial charge in [-0.25, -0.2) is 4.79 Å². The number of carbonyl (C=O) groups excluding carboxylic acids is 5. The Labute approximate surface area is 189 Å². The third kappa shape index (κ3) is 7.02. The van der Waals surface area contributed by atoms with Crippen LogP contribution < -0.4 is 5.73 Å². The number of primary amides is 1. The first-order valence-electron chi connectivity index (χ1n) is 9.89. The van der Waals surface area contributed by atoms with Crippen molar-refractivity contribution in [3.05, 3.63) is 24.0 Å². The lowest BCUT2D eigenvalue weighted by atomic mass is 10.1. The minimum atomic E-state index is -1.78. The van der Waals surface area contributed by atoms with Crippen molar-refractivity contribution in [1.29, 1.82) is 0 Å². The maximum absolute atomic E-state index is 12.0. The molecule has 2 aliphatic heterocycles. The van der Waals surface area contributed by atoms with E-state index in [1.165, 1.54) is 11.1 Å². The standard InChI is InChI=1S/C20H26N2O11/c1-10(23)31-16-14(9-30-20(28)13(25)7-15(26)29-3)33-19(17(16)32-11(2)24)22-6-4-5-12(8-22)18(21)27/h4,6,8,13-14,16-17,19,25H,5,7,9H2,1-3H3,(H2,21,27)/t13-,14+,16+,17+,19+/m0/s1. The Hall–Kier alpha value is -3.45. The molecule has 3 N–H and O–H groups in total. The number of hydrogen-bond acceptors (Lipinski definition) is 12. The van der Waals surface area contributed by atoms with Crippen LogP contribution in [0.4, 0.5) is 0 Å². The number of nitrogens with zero attached hydrogens (tertiary/aromatic N) is 1. The van der Waals surface area contributed by atoms with Crippen molar-refractivity contribution in [2.24, 2.45) is 5.73 Å². The number of hydrogen-bond donors (Lipinski definition) is 2. The zero-order chi connectivity index (χ0) is 24.7. The Morgan fingerprint density at radius 1 is 1.18 bits per heavy atom. The summed E-state index contributed by atoms with van der Waals surface area (Å²) in [7, 11) is 1.10. The predicted molar refractivity (Wildman–Crippen MR) is 106 cm³/mol. The van der Waals surface area contributed by atoms with Gasteiger partial charge in [0.05, 0.1) is 13.5 Å². The highest BCUT2D eigenvalue weighted by molar-refractivity contribution is 5.92. The Morgan fingerprint density at radius 3 is 2.39 bits per heavy atom. The highest BCUT2D eigenvalue weighted by Crippen LogP contribution is 2.32. The Balaban J connectivity index is 2.23. The minimum absolute atomic E-state index is 0.257. The van der Waals surface area contributed by atoms with Gasteiger partial charge in [0.25, 0.3) is 0 Å². The molecule has 0 aromatic rings. The van der Waals surface area contributed by atoms with Gasteiger partial charge in [0, 0.05) is 31.8 Å². The summed E-state index contributed by atoms with van der Waals surface area (Å²) in [6, 6.07) is 0. The summed E-state index contributed by atoms with van der Waals surface area (Å²) in [5, 5.41) is 9.77. The first kappa shape index (κ1) is 25.8. The molecule has 0 radical (unpaired) electrons. The van der Waals surface area contributed by atoms with Gasteiger partial charge >= 0.3 is 23.9 Å². The average molecular weight is 470 g/mol. The Bertz CT molecular complexity index is 853. The number of esters is 4. The summed E-state index contributed by atoms with van der Waals surface area (Å²) in [5.41, 5.74) is 5.60. The van der Waals surface area contributed by atoms with Crippen LogP contribution in [0, 0.1) is 0 Å². The molecule has 0 aromatic heterocycles. The van der Waals surface area contributed by atoms with E-state index in [4.69, 9.17) is 24.7 Å². The SMILES string of the molecule is COC(=O)C[C@H](O)C(=O)OC[C@H]1O[C@@H](N2C=CCC(C(N)=O)=C2)[C@H](OC(C)=O)[C@@H]1OC(C)=O. The summed E-state index contributed by atoms with van der Waals surface area (Å²) < 4.78 is 25.9. The van der Waals surface area contributed by atoms with Gasteiger partial charge < -0.3 is 39.4 Å². The van der Waals surface area contributed by atoms with E-state index in [1.807, 2.05) is 0 Å². The lowest BCUT2D eigenvalue weighted by molar-refractivity contribution is -0.168. The van der Waals surface area contributed by atoms with Crippen LogP contribution in [-0.2, 0) is 47.7 Å². The molecule has 33 heavy (non-hydrogen) atoms. The third-order valence-corrected chi connectivity index (χ3v) is 4.67. The molecule has 2 rings (SSSR count). The maximum atomic E-state index is 12.0. The number of ether oxygens (including phenoxy) is 5. The molecule has 1 saturated heterocycles. The fourth-order valence-electron chi connectivity index (χ4n) is 3.22. The quantitative estimate of drug-likeness (QED) is 0.298. The van der Waals surface area contributed by atoms with Gasteiger partial charge in [-0.15, -0.1) is 0 Å². The average Bonchev–Trinajstić information content (AvgIpc) is 3.07. The van der Waals surface area contributed by atoms with Crippen molar-refractivity contribution < 1.29 is 52.8 Å². The van der Waals surface area contributed by atoms with Gasteiger partial charge in [0.1, 0.15) is 12.7 Å². The number of amides is 1. The minimum Gasteiger partial charge on any atom is -0.469 e. The van der Waals surface area contributed by atoms with Gasteiger partial charge in [-0.1, -0.05) is 6.08 Å². The fourth-order valence-corrected chi connectivity index (χ4v) is 3.22. The van der Waals surface area contributed by atoms with Crippen LogP contribution in [0.5, 0.6) is 0 Å². The zero-order valence-corrected chi connectivity index (χ0v) is 18.3. The summed E-state index contributed by atoms with van der Waals surface area (Å²) in [4.78, 5) is 59.6. The zero-order valence-electron chi connectivity index (χ0n) is 18.3. The normalized spacial score (nSPS) is 25.0. The monoisotopic (exact) mass is 470 g/mol. The van der Waals surface area contributed by atoms with E-state index in [0.717, 1.165) is 21.0 Å². The van der Waals surface area contributed by atoms with E-state index < -0.39 is 73.5 Å². The van der Waals surface area contributed by atoms with Crippen LogP contribution in [0.3, 0.4) is 0 Å². The van der Waals surface area contributed by atoms with Crippen molar-refractivity contribution in [1.82, 2.24) is 4.90 Å². The van der Waals surface area contributed by atoms with E-state index >= 15 is 0 Å². The van der Waals surface area contributed by atoms with E-state index in [1.54, 1.807) is 12.3 Å². The molecule has 1 fully saturated rings. The van der Waals surface area contributed by atoms with Gasteiger partial charge in [-0.2, -0.15) is 0 Å². The van der Waals surface area contributed by atoms with E-state index in [9.17, 15) is 29.1 Å². The van der Waals surface area contributed by atoms with E-state index in [-0.39, 0.29) is 12.0 Å². The second-order valence-corrected chi connectivity index (χ2v) is 7.19. The molecule has 0 spiro atoms. The Kier molecular flexibility index (Phi) is 8.94. The van der Waals surface area contributed by atoms with Gasteiger partial charge in [-0.3, -0.25) is 19.2 Å². The van der Waals surface area contributed by atoms with Gasteiger partial charge in [0.15, 0.2) is 24.5 Å². The number of aliphatic hydroxyl groups excluding tert-OH is 1.